The molecule has 1 aliphatic heterocycles. The summed E-state index contributed by atoms with van der Waals surface area (Å²) in [7, 11) is -1.97. The molecule has 1 aliphatic rings. The summed E-state index contributed by atoms with van der Waals surface area (Å²) in [6, 6.07) is 12.5. The predicted octanol–water partition coefficient (Wildman–Crippen LogP) is 6.67. The Morgan fingerprint density at radius 1 is 1.19 bits per heavy atom. The first-order chi connectivity index (χ1) is 14.4. The minimum Gasteiger partial charge on any atom is -0.415 e. The fourth-order valence-electron chi connectivity index (χ4n) is 3.96. The summed E-state index contributed by atoms with van der Waals surface area (Å²) in [5.41, 5.74) is 2.80. The third-order valence-corrected chi connectivity index (χ3v) is 12.1. The van der Waals surface area contributed by atoms with E-state index >= 15 is 0 Å². The van der Waals surface area contributed by atoms with Gasteiger partial charge in [0.15, 0.2) is 8.32 Å². The maximum absolute atomic E-state index is 14.2. The van der Waals surface area contributed by atoms with Gasteiger partial charge in [0.2, 0.25) is 5.91 Å². The largest absolute Gasteiger partial charge is 0.415 e. The van der Waals surface area contributed by atoms with Crippen LogP contribution in [0.4, 0.5) is 4.39 Å². The van der Waals surface area contributed by atoms with E-state index in [0.717, 1.165) is 16.5 Å². The second-order valence-electron chi connectivity index (χ2n) is 9.98. The highest BCUT2D eigenvalue weighted by Crippen LogP contribution is 2.40. The number of fused-ring (bicyclic) bond motifs is 1. The Morgan fingerprint density at radius 3 is 2.52 bits per heavy atom. The molecule has 2 aromatic rings. The first-order valence-corrected chi connectivity index (χ1v) is 14.6. The van der Waals surface area contributed by atoms with Gasteiger partial charge in [-0.05, 0) is 60.3 Å². The van der Waals surface area contributed by atoms with Gasteiger partial charge < -0.3 is 9.33 Å². The number of halogens is 2. The zero-order chi connectivity index (χ0) is 23.0. The van der Waals surface area contributed by atoms with Crippen LogP contribution in [0.15, 0.2) is 46.9 Å². The zero-order valence-electron chi connectivity index (χ0n) is 19.3. The Kier molecular flexibility index (Phi) is 7.14. The van der Waals surface area contributed by atoms with Crippen molar-refractivity contribution in [3.63, 3.8) is 0 Å². The number of hydrogen-bond donors (Lipinski definition) is 0. The number of nitrogens with zero attached hydrogens (tertiary/aromatic N) is 1. The predicted molar refractivity (Wildman–Crippen MR) is 130 cm³/mol. The number of carbonyl (C=O) groups is 1. The van der Waals surface area contributed by atoms with E-state index in [1.54, 1.807) is 18.2 Å². The molecule has 0 fully saturated rings. The smallest absolute Gasteiger partial charge is 0.227 e. The summed E-state index contributed by atoms with van der Waals surface area (Å²) in [6.07, 6.45) is 0.773. The van der Waals surface area contributed by atoms with Gasteiger partial charge in [0.25, 0.3) is 0 Å². The SMILES string of the molecule is C[C@H]1c2cccc(Br)c2C[C@H](CO[Si](C)(C)C(C)(C)C)N1C(=O)Cc1ccccc1F. The molecule has 0 aliphatic carbocycles. The molecule has 1 heterocycles. The zero-order valence-corrected chi connectivity index (χ0v) is 21.9. The Labute approximate surface area is 195 Å². The van der Waals surface area contributed by atoms with Gasteiger partial charge in [-0.2, -0.15) is 0 Å². The minimum atomic E-state index is -1.97. The van der Waals surface area contributed by atoms with E-state index in [1.165, 1.54) is 11.6 Å². The van der Waals surface area contributed by atoms with E-state index in [9.17, 15) is 9.18 Å². The molecule has 0 saturated carbocycles. The molecule has 0 bridgehead atoms. The molecule has 31 heavy (non-hydrogen) atoms. The summed E-state index contributed by atoms with van der Waals surface area (Å²) in [6.45, 7) is 13.7. The molecule has 0 spiro atoms. The summed E-state index contributed by atoms with van der Waals surface area (Å²) >= 11 is 3.69. The van der Waals surface area contributed by atoms with Crippen molar-refractivity contribution in [1.29, 1.82) is 0 Å². The minimum absolute atomic E-state index is 0.0525. The van der Waals surface area contributed by atoms with Crippen LogP contribution >= 0.6 is 15.9 Å². The Morgan fingerprint density at radius 2 is 1.87 bits per heavy atom. The van der Waals surface area contributed by atoms with Crippen LogP contribution in [0.2, 0.25) is 18.1 Å². The third-order valence-electron chi connectivity index (χ3n) is 6.89. The number of amides is 1. The van der Waals surface area contributed by atoms with Crippen LogP contribution < -0.4 is 0 Å². The van der Waals surface area contributed by atoms with Gasteiger partial charge in [0, 0.05) is 4.47 Å². The number of hydrogen-bond acceptors (Lipinski definition) is 2. The normalized spacial score (nSPS) is 19.3. The van der Waals surface area contributed by atoms with Crippen LogP contribution in [0.5, 0.6) is 0 Å². The first-order valence-electron chi connectivity index (χ1n) is 10.9. The summed E-state index contributed by atoms with van der Waals surface area (Å²) in [4.78, 5) is 15.4. The molecule has 0 N–H and O–H groups in total. The topological polar surface area (TPSA) is 29.5 Å². The molecule has 1 amide bonds. The molecule has 2 aromatic carbocycles. The van der Waals surface area contributed by atoms with E-state index in [-0.39, 0.29) is 35.3 Å². The second kappa shape index (κ2) is 9.16. The molecule has 3 nitrogen and oxygen atoms in total. The Hall–Kier alpha value is -1.50. The van der Waals surface area contributed by atoms with Crippen molar-refractivity contribution in [3.05, 3.63) is 69.4 Å². The van der Waals surface area contributed by atoms with E-state index in [4.69, 9.17) is 4.43 Å². The number of carbonyl (C=O) groups excluding carboxylic acids is 1. The van der Waals surface area contributed by atoms with Crippen molar-refractivity contribution in [3.8, 4) is 0 Å². The van der Waals surface area contributed by atoms with Gasteiger partial charge in [0.1, 0.15) is 5.82 Å². The van der Waals surface area contributed by atoms with Gasteiger partial charge >= 0.3 is 0 Å². The molecule has 2 atom stereocenters. The highest BCUT2D eigenvalue weighted by Gasteiger charge is 2.41. The number of benzene rings is 2. The van der Waals surface area contributed by atoms with Gasteiger partial charge in [-0.25, -0.2) is 4.39 Å². The molecule has 0 aromatic heterocycles. The molecule has 0 saturated heterocycles. The van der Waals surface area contributed by atoms with Crippen molar-refractivity contribution in [2.45, 2.75) is 70.8 Å². The maximum atomic E-state index is 14.2. The van der Waals surface area contributed by atoms with Gasteiger partial charge in [0.05, 0.1) is 25.1 Å². The van der Waals surface area contributed by atoms with Crippen LogP contribution in [0.25, 0.3) is 0 Å². The quantitative estimate of drug-likeness (QED) is 0.424. The standard InChI is InChI=1S/C25H33BrFNO2Si/c1-17-20-11-9-12-22(26)21(20)15-19(16-30-31(5,6)25(2,3)4)28(17)24(29)14-18-10-7-8-13-23(18)27/h7-13,17,19H,14-16H2,1-6H3/t17-,19+/m0/s1. The van der Waals surface area contributed by atoms with Crippen LogP contribution in [-0.4, -0.2) is 31.8 Å². The van der Waals surface area contributed by atoms with Gasteiger partial charge in [-0.1, -0.05) is 67.0 Å². The van der Waals surface area contributed by atoms with Crippen LogP contribution in [-0.2, 0) is 22.1 Å². The lowest BCUT2D eigenvalue weighted by atomic mass is 9.88. The summed E-state index contributed by atoms with van der Waals surface area (Å²) < 4.78 is 21.9. The molecule has 0 unspecified atom stereocenters. The van der Waals surface area contributed by atoms with Crippen LogP contribution in [0, 0.1) is 5.82 Å². The van der Waals surface area contributed by atoms with Crippen molar-refractivity contribution in [2.75, 3.05) is 6.61 Å². The fourth-order valence-corrected chi connectivity index (χ4v) is 5.54. The van der Waals surface area contributed by atoms with Crippen LogP contribution in [0.3, 0.4) is 0 Å². The van der Waals surface area contributed by atoms with Crippen molar-refractivity contribution >= 4 is 30.2 Å². The van der Waals surface area contributed by atoms with Gasteiger partial charge in [-0.15, -0.1) is 0 Å². The third kappa shape index (κ3) is 5.12. The lowest BCUT2D eigenvalue weighted by Crippen LogP contribution is -2.52. The fraction of sp³-hybridized carbons (Fsp3) is 0.480. The Balaban J connectivity index is 1.92. The highest BCUT2D eigenvalue weighted by atomic mass is 79.9. The summed E-state index contributed by atoms with van der Waals surface area (Å²) in [5, 5.41) is 0.0911. The van der Waals surface area contributed by atoms with E-state index in [1.807, 2.05) is 17.0 Å². The van der Waals surface area contributed by atoms with E-state index in [0.29, 0.717) is 12.2 Å². The molecule has 0 radical (unpaired) electrons. The monoisotopic (exact) mass is 505 g/mol. The second-order valence-corrected chi connectivity index (χ2v) is 15.6. The lowest BCUT2D eigenvalue weighted by molar-refractivity contribution is -0.137. The van der Waals surface area contributed by atoms with Crippen molar-refractivity contribution < 1.29 is 13.6 Å². The van der Waals surface area contributed by atoms with Crippen molar-refractivity contribution in [1.82, 2.24) is 4.90 Å². The molecule has 3 rings (SSSR count). The van der Waals surface area contributed by atoms with Crippen molar-refractivity contribution in [2.24, 2.45) is 0 Å². The van der Waals surface area contributed by atoms with Gasteiger partial charge in [-0.3, -0.25) is 4.79 Å². The molecular weight excluding hydrogens is 473 g/mol. The number of rotatable bonds is 5. The average Bonchev–Trinajstić information content (AvgIpc) is 2.68. The maximum Gasteiger partial charge on any atom is 0.227 e. The summed E-state index contributed by atoms with van der Waals surface area (Å²) in [5.74, 6) is -0.398. The van der Waals surface area contributed by atoms with E-state index < -0.39 is 8.32 Å². The lowest BCUT2D eigenvalue weighted by Gasteiger charge is -2.44. The highest BCUT2D eigenvalue weighted by molar-refractivity contribution is 9.10. The van der Waals surface area contributed by atoms with Crippen LogP contribution in [0.1, 0.15) is 50.4 Å². The van der Waals surface area contributed by atoms with E-state index in [2.05, 4.69) is 62.8 Å². The molecular formula is C25H33BrFNO2Si. The molecule has 6 heteroatoms. The molecule has 168 valence electrons. The Bertz CT molecular complexity index is 957. The first kappa shape index (κ1) is 24.1. The average molecular weight is 507 g/mol.